The zero-order valence-corrected chi connectivity index (χ0v) is 27.8. The van der Waals surface area contributed by atoms with Gasteiger partial charge in [-0.2, -0.15) is 0 Å². The summed E-state index contributed by atoms with van der Waals surface area (Å²) in [6.07, 6.45) is 18.0. The first-order valence-corrected chi connectivity index (χ1v) is 17.8. The second-order valence-corrected chi connectivity index (χ2v) is 13.7. The van der Waals surface area contributed by atoms with Crippen LogP contribution in [-0.4, -0.2) is 15.0 Å². The number of hydrogen-bond acceptors (Lipinski definition) is 4. The lowest BCUT2D eigenvalue weighted by Crippen LogP contribution is -2.00. The third-order valence-corrected chi connectivity index (χ3v) is 10.5. The van der Waals surface area contributed by atoms with Gasteiger partial charge in [0.2, 0.25) is 0 Å². The summed E-state index contributed by atoms with van der Waals surface area (Å²) >= 11 is 1.86. The van der Waals surface area contributed by atoms with Gasteiger partial charge in [-0.15, -0.1) is 11.3 Å². The monoisotopic (exact) mass is 647 g/mol. The molecule has 234 valence electrons. The number of rotatable bonds is 6. The van der Waals surface area contributed by atoms with Gasteiger partial charge in [-0.05, 0) is 83.3 Å². The molecule has 7 aromatic rings. The molecule has 5 aromatic carbocycles. The van der Waals surface area contributed by atoms with Crippen LogP contribution in [0.3, 0.4) is 0 Å². The van der Waals surface area contributed by atoms with Crippen LogP contribution in [-0.2, 0) is 0 Å². The van der Waals surface area contributed by atoms with Gasteiger partial charge >= 0.3 is 0 Å². The van der Waals surface area contributed by atoms with Gasteiger partial charge < -0.3 is 0 Å². The molecule has 2 aromatic heterocycles. The van der Waals surface area contributed by atoms with E-state index in [2.05, 4.69) is 134 Å². The standard InChI is InChI=1S/C45H33N3S/c1-4-11-30(12-5-1)35-17-10-18-38(27-35)45-47-43(33-15-8-3-9-16-33)46-44(48-45)34-21-19-32(20-22-34)37-23-25-39-40-28-36(31-13-6-2-7-14-31)24-26-41(40)49-42(39)29-37/h3-4,6,8-29H,1-2,5,7H2. The molecular formula is C45H33N3S. The van der Waals surface area contributed by atoms with Crippen molar-refractivity contribution >= 4 is 42.7 Å². The zero-order chi connectivity index (χ0) is 32.6. The Morgan fingerprint density at radius 2 is 0.959 bits per heavy atom. The highest BCUT2D eigenvalue weighted by Crippen LogP contribution is 2.38. The predicted octanol–water partition coefficient (Wildman–Crippen LogP) is 12.4. The van der Waals surface area contributed by atoms with Gasteiger partial charge in [0.15, 0.2) is 17.5 Å². The van der Waals surface area contributed by atoms with Gasteiger partial charge in [0.1, 0.15) is 0 Å². The third kappa shape index (κ3) is 5.85. The summed E-state index contributed by atoms with van der Waals surface area (Å²) in [4.78, 5) is 15.0. The molecule has 0 bridgehead atoms. The highest BCUT2D eigenvalue weighted by molar-refractivity contribution is 7.25. The van der Waals surface area contributed by atoms with Crippen molar-refractivity contribution in [3.8, 4) is 45.3 Å². The second kappa shape index (κ2) is 12.7. The van der Waals surface area contributed by atoms with Crippen LogP contribution in [0, 0.1) is 0 Å². The molecule has 0 saturated carbocycles. The Labute approximate surface area is 290 Å². The minimum Gasteiger partial charge on any atom is -0.208 e. The minimum absolute atomic E-state index is 0.663. The highest BCUT2D eigenvalue weighted by Gasteiger charge is 2.15. The Morgan fingerprint density at radius 1 is 0.388 bits per heavy atom. The molecule has 9 rings (SSSR count). The fourth-order valence-corrected chi connectivity index (χ4v) is 7.92. The van der Waals surface area contributed by atoms with Crippen LogP contribution >= 0.6 is 11.3 Å². The van der Waals surface area contributed by atoms with E-state index in [1.807, 2.05) is 29.5 Å². The van der Waals surface area contributed by atoms with E-state index < -0.39 is 0 Å². The van der Waals surface area contributed by atoms with E-state index in [-0.39, 0.29) is 0 Å². The Bertz CT molecular complexity index is 2480. The van der Waals surface area contributed by atoms with E-state index in [0.29, 0.717) is 17.5 Å². The number of nitrogens with zero attached hydrogens (tertiary/aromatic N) is 3. The van der Waals surface area contributed by atoms with Crippen molar-refractivity contribution in [1.82, 2.24) is 15.0 Å². The number of aromatic nitrogens is 3. The lowest BCUT2D eigenvalue weighted by atomic mass is 9.97. The first-order chi connectivity index (χ1) is 24.2. The van der Waals surface area contributed by atoms with E-state index in [0.717, 1.165) is 42.4 Å². The minimum atomic E-state index is 0.663. The van der Waals surface area contributed by atoms with Crippen LogP contribution in [0.25, 0.3) is 76.6 Å². The smallest absolute Gasteiger partial charge is 0.164 e. The van der Waals surface area contributed by atoms with Crippen molar-refractivity contribution in [3.05, 3.63) is 163 Å². The van der Waals surface area contributed by atoms with Gasteiger partial charge in [0.05, 0.1) is 0 Å². The van der Waals surface area contributed by atoms with Crippen molar-refractivity contribution < 1.29 is 0 Å². The Balaban J connectivity index is 1.06. The van der Waals surface area contributed by atoms with Crippen molar-refractivity contribution in [2.75, 3.05) is 0 Å². The third-order valence-electron chi connectivity index (χ3n) is 9.39. The molecule has 0 spiro atoms. The molecule has 4 heteroatoms. The van der Waals surface area contributed by atoms with Crippen LogP contribution in [0.15, 0.2) is 152 Å². The molecule has 0 N–H and O–H groups in total. The number of fused-ring (bicyclic) bond motifs is 3. The molecule has 0 aliphatic heterocycles. The van der Waals surface area contributed by atoms with Crippen LogP contribution in [0.4, 0.5) is 0 Å². The van der Waals surface area contributed by atoms with Gasteiger partial charge in [0, 0.05) is 36.9 Å². The lowest BCUT2D eigenvalue weighted by molar-refractivity contribution is 1.04. The van der Waals surface area contributed by atoms with Gasteiger partial charge in [-0.1, -0.05) is 127 Å². The van der Waals surface area contributed by atoms with E-state index in [1.165, 1.54) is 53.6 Å². The molecule has 0 atom stereocenters. The van der Waals surface area contributed by atoms with Crippen LogP contribution in [0.2, 0.25) is 0 Å². The number of hydrogen-bond donors (Lipinski definition) is 0. The van der Waals surface area contributed by atoms with E-state index >= 15 is 0 Å². The SMILES string of the molecule is C1=CC(c2cccc(-c3nc(-c4ccccc4)nc(-c4ccc(-c5ccc6c(c5)sc5ccc(C7=CCCC=C7)cc56)cc4)n3)c2)=CCC1. The molecule has 0 fully saturated rings. The summed E-state index contributed by atoms with van der Waals surface area (Å²) in [5.74, 6) is 2.00. The predicted molar refractivity (Wildman–Crippen MR) is 207 cm³/mol. The van der Waals surface area contributed by atoms with E-state index in [1.54, 1.807) is 0 Å². The molecule has 49 heavy (non-hydrogen) atoms. The normalized spacial score (nSPS) is 14.3. The van der Waals surface area contributed by atoms with Crippen molar-refractivity contribution in [3.63, 3.8) is 0 Å². The van der Waals surface area contributed by atoms with Crippen LogP contribution in [0.1, 0.15) is 36.8 Å². The maximum atomic E-state index is 5.03. The zero-order valence-electron chi connectivity index (χ0n) is 27.0. The van der Waals surface area contributed by atoms with Crippen LogP contribution < -0.4 is 0 Å². The summed E-state index contributed by atoms with van der Waals surface area (Å²) in [5.41, 5.74) is 10.3. The largest absolute Gasteiger partial charge is 0.208 e. The van der Waals surface area contributed by atoms with Crippen molar-refractivity contribution in [1.29, 1.82) is 0 Å². The topological polar surface area (TPSA) is 38.7 Å². The molecule has 2 aliphatic carbocycles. The number of allylic oxidation sites excluding steroid dienone is 8. The van der Waals surface area contributed by atoms with E-state index in [9.17, 15) is 0 Å². The molecule has 2 aliphatic rings. The van der Waals surface area contributed by atoms with Crippen molar-refractivity contribution in [2.24, 2.45) is 0 Å². The molecule has 0 unspecified atom stereocenters. The van der Waals surface area contributed by atoms with Gasteiger partial charge in [-0.3, -0.25) is 0 Å². The number of benzene rings is 5. The summed E-state index contributed by atoms with van der Waals surface area (Å²) in [7, 11) is 0. The first kappa shape index (κ1) is 29.4. The fourth-order valence-electron chi connectivity index (χ4n) is 6.79. The maximum absolute atomic E-state index is 5.03. The fraction of sp³-hybridized carbons (Fsp3) is 0.0889. The lowest BCUT2D eigenvalue weighted by Gasteiger charge is -2.11. The van der Waals surface area contributed by atoms with Crippen LogP contribution in [0.5, 0.6) is 0 Å². The van der Waals surface area contributed by atoms with Crippen molar-refractivity contribution in [2.45, 2.75) is 25.7 Å². The average molecular weight is 648 g/mol. The van der Waals surface area contributed by atoms with Gasteiger partial charge in [-0.25, -0.2) is 15.0 Å². The second-order valence-electron chi connectivity index (χ2n) is 12.6. The molecule has 3 nitrogen and oxygen atoms in total. The maximum Gasteiger partial charge on any atom is 0.164 e. The highest BCUT2D eigenvalue weighted by atomic mass is 32.1. The quantitative estimate of drug-likeness (QED) is 0.180. The molecular weight excluding hydrogens is 615 g/mol. The van der Waals surface area contributed by atoms with Gasteiger partial charge in [0.25, 0.3) is 0 Å². The Morgan fingerprint density at radius 3 is 1.65 bits per heavy atom. The Kier molecular flexibility index (Phi) is 7.64. The Hall–Kier alpha value is -5.71. The molecule has 0 radical (unpaired) electrons. The molecule has 0 amide bonds. The van der Waals surface area contributed by atoms with E-state index in [4.69, 9.17) is 15.0 Å². The summed E-state index contributed by atoms with van der Waals surface area (Å²) in [6, 6.07) is 41.0. The number of thiophene rings is 1. The molecule has 2 heterocycles. The summed E-state index contributed by atoms with van der Waals surface area (Å²) in [6.45, 7) is 0. The first-order valence-electron chi connectivity index (χ1n) is 17.0. The molecule has 0 saturated heterocycles. The summed E-state index contributed by atoms with van der Waals surface area (Å²) < 4.78 is 2.63. The summed E-state index contributed by atoms with van der Waals surface area (Å²) in [5, 5.41) is 2.64. The average Bonchev–Trinajstić information content (AvgIpc) is 3.56.